The number of hydrogen-bond donors (Lipinski definition) is 0. The summed E-state index contributed by atoms with van der Waals surface area (Å²) in [6.07, 6.45) is 3.59. The van der Waals surface area contributed by atoms with Crippen molar-refractivity contribution >= 4 is 29.3 Å². The first-order valence-electron chi connectivity index (χ1n) is 5.96. The van der Waals surface area contributed by atoms with Gasteiger partial charge in [0, 0.05) is 35.2 Å². The smallest absolute Gasteiger partial charge is 0.211 e. The van der Waals surface area contributed by atoms with Gasteiger partial charge in [-0.2, -0.15) is 11.8 Å². The van der Waals surface area contributed by atoms with E-state index in [-0.39, 0.29) is 11.0 Å². The molecule has 3 unspecified atom stereocenters. The third kappa shape index (κ3) is 2.71. The number of aromatic nitrogens is 2. The van der Waals surface area contributed by atoms with Crippen LogP contribution in [0.15, 0.2) is 12.4 Å². The molecule has 2 rings (SSSR count). The van der Waals surface area contributed by atoms with Gasteiger partial charge in [0.25, 0.3) is 0 Å². The fourth-order valence-corrected chi connectivity index (χ4v) is 4.70. The largest absolute Gasteiger partial charge is 0.329 e. The number of Topliss-reactive ketones (excluding diaryl/α,β-unsaturated/α-hetero) is 1. The zero-order valence-electron chi connectivity index (χ0n) is 10.4. The van der Waals surface area contributed by atoms with Gasteiger partial charge in [0.15, 0.2) is 5.82 Å². The summed E-state index contributed by atoms with van der Waals surface area (Å²) < 4.78 is 1.93. The third-order valence-corrected chi connectivity index (χ3v) is 6.51. The van der Waals surface area contributed by atoms with Crippen molar-refractivity contribution < 1.29 is 4.79 Å². The first kappa shape index (κ1) is 13.0. The molecule has 0 aliphatic carbocycles. The van der Waals surface area contributed by atoms with E-state index < -0.39 is 0 Å². The third-order valence-electron chi connectivity index (χ3n) is 3.12. The van der Waals surface area contributed by atoms with Gasteiger partial charge in [-0.3, -0.25) is 4.79 Å². The maximum absolute atomic E-state index is 12.4. The van der Waals surface area contributed by atoms with Crippen LogP contribution in [0.2, 0.25) is 0 Å². The molecule has 3 atom stereocenters. The second kappa shape index (κ2) is 5.48. The van der Waals surface area contributed by atoms with E-state index in [1.165, 1.54) is 0 Å². The molecule has 0 saturated carbocycles. The summed E-state index contributed by atoms with van der Waals surface area (Å²) in [6, 6.07) is 0. The Morgan fingerprint density at radius 1 is 1.53 bits per heavy atom. The molecule has 0 bridgehead atoms. The molecule has 3 nitrogen and oxygen atoms in total. The summed E-state index contributed by atoms with van der Waals surface area (Å²) in [5, 5.41) is 1.24. The molecule has 1 aliphatic rings. The molecular formula is C12H18N2OS2. The van der Waals surface area contributed by atoms with Crippen LogP contribution in [0.1, 0.15) is 31.4 Å². The zero-order valence-corrected chi connectivity index (χ0v) is 12.1. The number of imidazole rings is 1. The van der Waals surface area contributed by atoms with E-state index in [2.05, 4.69) is 18.8 Å². The minimum absolute atomic E-state index is 0.0684. The molecule has 17 heavy (non-hydrogen) atoms. The van der Waals surface area contributed by atoms with Gasteiger partial charge in [-0.05, 0) is 6.92 Å². The Hall–Kier alpha value is -0.420. The lowest BCUT2D eigenvalue weighted by Crippen LogP contribution is -2.33. The summed E-state index contributed by atoms with van der Waals surface area (Å²) in [5.74, 6) is 1.71. The molecule has 0 aromatic carbocycles. The molecule has 1 saturated heterocycles. The van der Waals surface area contributed by atoms with Crippen molar-refractivity contribution in [1.29, 1.82) is 0 Å². The number of carbonyl (C=O) groups is 1. The van der Waals surface area contributed by atoms with Crippen molar-refractivity contribution in [3.05, 3.63) is 18.2 Å². The Morgan fingerprint density at radius 2 is 2.29 bits per heavy atom. The minimum Gasteiger partial charge on any atom is -0.329 e. The average Bonchev–Trinajstić information content (AvgIpc) is 2.80. The lowest BCUT2D eigenvalue weighted by molar-refractivity contribution is 0.0981. The fourth-order valence-electron chi connectivity index (χ4n) is 1.85. The highest BCUT2D eigenvalue weighted by atomic mass is 32.2. The molecule has 0 amide bonds. The second-order valence-corrected chi connectivity index (χ2v) is 7.26. The van der Waals surface area contributed by atoms with Crippen LogP contribution in [0.5, 0.6) is 0 Å². The van der Waals surface area contributed by atoms with E-state index >= 15 is 0 Å². The van der Waals surface area contributed by atoms with E-state index in [0.29, 0.717) is 16.3 Å². The normalized spacial score (nSPS) is 29.2. The average molecular weight is 270 g/mol. The quantitative estimate of drug-likeness (QED) is 0.791. The standard InChI is InChI=1S/C12H18N2OS2/c1-4-14-6-5-13-12(14)11(15)10-7-16-8(2)9(3)17-10/h5-6,8-10H,4,7H2,1-3H3. The van der Waals surface area contributed by atoms with Crippen molar-refractivity contribution in [3.8, 4) is 0 Å². The summed E-state index contributed by atoms with van der Waals surface area (Å²) in [4.78, 5) is 16.6. The Kier molecular flexibility index (Phi) is 4.20. The van der Waals surface area contributed by atoms with Gasteiger partial charge < -0.3 is 4.57 Å². The molecule has 5 heteroatoms. The summed E-state index contributed by atoms with van der Waals surface area (Å²) in [5.41, 5.74) is 0. The minimum atomic E-state index is 0.0684. The first-order chi connectivity index (χ1) is 8.13. The fraction of sp³-hybridized carbons (Fsp3) is 0.667. The lowest BCUT2D eigenvalue weighted by atomic mass is 10.3. The Labute approximate surface area is 111 Å². The van der Waals surface area contributed by atoms with E-state index in [0.717, 1.165) is 12.3 Å². The molecule has 1 fully saturated rings. The molecule has 0 radical (unpaired) electrons. The number of ketones is 1. The van der Waals surface area contributed by atoms with Crippen LogP contribution in [-0.4, -0.2) is 36.8 Å². The lowest BCUT2D eigenvalue weighted by Gasteiger charge is -2.30. The predicted molar refractivity (Wildman–Crippen MR) is 75.0 cm³/mol. The van der Waals surface area contributed by atoms with Crippen LogP contribution >= 0.6 is 23.5 Å². The summed E-state index contributed by atoms with van der Waals surface area (Å²) in [6.45, 7) is 7.27. The SMILES string of the molecule is CCn1ccnc1C(=O)C1CSC(C)C(C)S1. The molecule has 94 valence electrons. The zero-order chi connectivity index (χ0) is 12.4. The van der Waals surface area contributed by atoms with Crippen LogP contribution in [0.4, 0.5) is 0 Å². The number of aryl methyl sites for hydroxylation is 1. The predicted octanol–water partition coefficient (Wildman–Crippen LogP) is 2.71. The number of rotatable bonds is 3. The topological polar surface area (TPSA) is 34.9 Å². The van der Waals surface area contributed by atoms with Crippen molar-refractivity contribution in [2.45, 2.75) is 43.1 Å². The molecule has 1 aromatic rings. The van der Waals surface area contributed by atoms with Gasteiger partial charge in [-0.15, -0.1) is 11.8 Å². The van der Waals surface area contributed by atoms with E-state index in [1.807, 2.05) is 29.4 Å². The Balaban J connectivity index is 2.10. The number of hydrogen-bond acceptors (Lipinski definition) is 4. The van der Waals surface area contributed by atoms with E-state index in [9.17, 15) is 4.79 Å². The molecule has 0 N–H and O–H groups in total. The number of nitrogens with zero attached hydrogens (tertiary/aromatic N) is 2. The molecular weight excluding hydrogens is 252 g/mol. The van der Waals surface area contributed by atoms with Crippen molar-refractivity contribution in [1.82, 2.24) is 9.55 Å². The summed E-state index contributed by atoms with van der Waals surface area (Å²) in [7, 11) is 0. The van der Waals surface area contributed by atoms with Crippen molar-refractivity contribution in [3.63, 3.8) is 0 Å². The molecule has 1 aromatic heterocycles. The summed E-state index contributed by atoms with van der Waals surface area (Å²) >= 11 is 3.69. The second-order valence-electron chi connectivity index (χ2n) is 4.27. The van der Waals surface area contributed by atoms with Crippen molar-refractivity contribution in [2.75, 3.05) is 5.75 Å². The number of carbonyl (C=O) groups excluding carboxylic acids is 1. The van der Waals surface area contributed by atoms with E-state index in [1.54, 1.807) is 18.0 Å². The van der Waals surface area contributed by atoms with Crippen molar-refractivity contribution in [2.24, 2.45) is 0 Å². The first-order valence-corrected chi connectivity index (χ1v) is 7.95. The van der Waals surface area contributed by atoms with Gasteiger partial charge in [-0.25, -0.2) is 4.98 Å². The van der Waals surface area contributed by atoms with Gasteiger partial charge in [0.05, 0.1) is 5.25 Å². The van der Waals surface area contributed by atoms with Gasteiger partial charge in [-0.1, -0.05) is 13.8 Å². The highest BCUT2D eigenvalue weighted by molar-refractivity contribution is 8.08. The molecule has 0 spiro atoms. The van der Waals surface area contributed by atoms with Crippen LogP contribution in [0.3, 0.4) is 0 Å². The maximum Gasteiger partial charge on any atom is 0.211 e. The monoisotopic (exact) mass is 270 g/mol. The van der Waals surface area contributed by atoms with Crippen LogP contribution in [0.25, 0.3) is 0 Å². The Bertz CT molecular complexity index is 405. The van der Waals surface area contributed by atoms with E-state index in [4.69, 9.17) is 0 Å². The molecule has 1 aliphatic heterocycles. The maximum atomic E-state index is 12.4. The van der Waals surface area contributed by atoms with Gasteiger partial charge in [0.2, 0.25) is 5.78 Å². The van der Waals surface area contributed by atoms with Crippen LogP contribution in [0, 0.1) is 0 Å². The van der Waals surface area contributed by atoms with Gasteiger partial charge >= 0.3 is 0 Å². The molecule has 2 heterocycles. The van der Waals surface area contributed by atoms with Crippen LogP contribution in [-0.2, 0) is 6.54 Å². The number of thioether (sulfide) groups is 2. The Morgan fingerprint density at radius 3 is 2.94 bits per heavy atom. The highest BCUT2D eigenvalue weighted by Crippen LogP contribution is 2.36. The van der Waals surface area contributed by atoms with Crippen LogP contribution < -0.4 is 0 Å². The van der Waals surface area contributed by atoms with Gasteiger partial charge in [0.1, 0.15) is 0 Å². The highest BCUT2D eigenvalue weighted by Gasteiger charge is 2.32.